The van der Waals surface area contributed by atoms with E-state index in [4.69, 9.17) is 16.3 Å². The molecule has 0 saturated carbocycles. The molecule has 1 unspecified atom stereocenters. The molecule has 1 aromatic rings. The van der Waals surface area contributed by atoms with E-state index in [-0.39, 0.29) is 6.10 Å². The van der Waals surface area contributed by atoms with Gasteiger partial charge in [0, 0.05) is 18.4 Å². The van der Waals surface area contributed by atoms with Crippen molar-refractivity contribution in [3.05, 3.63) is 16.1 Å². The number of aromatic nitrogens is 1. The second kappa shape index (κ2) is 6.46. The van der Waals surface area contributed by atoms with Crippen LogP contribution < -0.4 is 0 Å². The Hall–Kier alpha value is -0.120. The van der Waals surface area contributed by atoms with Crippen LogP contribution >= 0.6 is 22.9 Å². The zero-order chi connectivity index (χ0) is 11.3. The van der Waals surface area contributed by atoms with E-state index in [0.717, 1.165) is 23.5 Å². The summed E-state index contributed by atoms with van der Waals surface area (Å²) < 4.78 is 5.44. The van der Waals surface area contributed by atoms with Gasteiger partial charge in [-0.05, 0) is 18.8 Å². The molecule has 0 radical (unpaired) electrons. The number of aryl methyl sites for hydroxylation is 1. The van der Waals surface area contributed by atoms with Crippen molar-refractivity contribution < 1.29 is 4.74 Å². The predicted octanol–water partition coefficient (Wildman–Crippen LogP) is 3.66. The Balaban J connectivity index is 2.65. The van der Waals surface area contributed by atoms with Gasteiger partial charge in [-0.25, -0.2) is 4.98 Å². The van der Waals surface area contributed by atoms with Crippen LogP contribution in [0.3, 0.4) is 0 Å². The number of halogens is 1. The lowest BCUT2D eigenvalue weighted by Gasteiger charge is -2.15. The smallest absolute Gasteiger partial charge is 0.122 e. The van der Waals surface area contributed by atoms with Crippen molar-refractivity contribution in [1.82, 2.24) is 4.98 Å². The summed E-state index contributed by atoms with van der Waals surface area (Å²) in [5.41, 5.74) is 1.14. The molecule has 86 valence electrons. The van der Waals surface area contributed by atoms with Gasteiger partial charge in [-0.15, -0.1) is 22.9 Å². The molecule has 1 atom stereocenters. The van der Waals surface area contributed by atoms with Gasteiger partial charge in [0.2, 0.25) is 0 Å². The van der Waals surface area contributed by atoms with E-state index < -0.39 is 0 Å². The molecule has 0 amide bonds. The molecule has 1 rings (SSSR count). The first-order valence-corrected chi connectivity index (χ1v) is 6.63. The maximum absolute atomic E-state index is 5.65. The molecule has 2 nitrogen and oxygen atoms in total. The third kappa shape index (κ3) is 3.74. The number of rotatable bonds is 6. The summed E-state index contributed by atoms with van der Waals surface area (Å²) in [5, 5.41) is 3.19. The SMILES string of the molecule is COC(c1nc(CCCCl)cs1)C(C)C. The van der Waals surface area contributed by atoms with E-state index in [1.165, 1.54) is 0 Å². The van der Waals surface area contributed by atoms with Crippen LogP contribution in [0.15, 0.2) is 5.38 Å². The summed E-state index contributed by atoms with van der Waals surface area (Å²) in [6.07, 6.45) is 2.08. The molecule has 1 heterocycles. The second-order valence-electron chi connectivity index (χ2n) is 3.87. The van der Waals surface area contributed by atoms with Gasteiger partial charge in [0.1, 0.15) is 11.1 Å². The fourth-order valence-corrected chi connectivity index (χ4v) is 2.71. The van der Waals surface area contributed by atoms with Gasteiger partial charge in [-0.2, -0.15) is 0 Å². The van der Waals surface area contributed by atoms with Gasteiger partial charge in [-0.3, -0.25) is 0 Å². The van der Waals surface area contributed by atoms with Gasteiger partial charge in [0.05, 0.1) is 5.69 Å². The fourth-order valence-electron chi connectivity index (χ4n) is 1.47. The molecular formula is C11H18ClNOS. The summed E-state index contributed by atoms with van der Waals surface area (Å²) in [5.74, 6) is 1.16. The van der Waals surface area contributed by atoms with Crippen LogP contribution in [0.1, 0.15) is 37.1 Å². The standard InChI is InChI=1S/C11H18ClNOS/c1-8(2)10(14-3)11-13-9(7-15-11)5-4-6-12/h7-8,10H,4-6H2,1-3H3. The van der Waals surface area contributed by atoms with Gasteiger partial charge in [0.15, 0.2) is 0 Å². The number of hydrogen-bond donors (Lipinski definition) is 0. The Morgan fingerprint density at radius 1 is 1.53 bits per heavy atom. The van der Waals surface area contributed by atoms with Crippen molar-refractivity contribution in [3.8, 4) is 0 Å². The summed E-state index contributed by atoms with van der Waals surface area (Å²) in [4.78, 5) is 4.58. The van der Waals surface area contributed by atoms with Crippen LogP contribution in [0.4, 0.5) is 0 Å². The van der Waals surface area contributed by atoms with Gasteiger partial charge in [-0.1, -0.05) is 13.8 Å². The maximum atomic E-state index is 5.65. The molecule has 0 aliphatic heterocycles. The summed E-state index contributed by atoms with van der Waals surface area (Å²) in [6.45, 7) is 4.29. The van der Waals surface area contributed by atoms with Crippen LogP contribution in [0.2, 0.25) is 0 Å². The lowest BCUT2D eigenvalue weighted by Crippen LogP contribution is -2.08. The molecule has 0 N–H and O–H groups in total. The Labute approximate surface area is 101 Å². The molecule has 0 bridgehead atoms. The molecule has 0 saturated heterocycles. The number of ether oxygens (including phenoxy) is 1. The predicted molar refractivity (Wildman–Crippen MR) is 65.7 cm³/mol. The van der Waals surface area contributed by atoms with Crippen LogP contribution in [-0.2, 0) is 11.2 Å². The van der Waals surface area contributed by atoms with E-state index in [1.807, 2.05) is 0 Å². The first-order chi connectivity index (χ1) is 7.19. The minimum absolute atomic E-state index is 0.125. The first-order valence-electron chi connectivity index (χ1n) is 5.22. The lowest BCUT2D eigenvalue weighted by molar-refractivity contribution is 0.0643. The highest BCUT2D eigenvalue weighted by Gasteiger charge is 2.18. The van der Waals surface area contributed by atoms with E-state index in [2.05, 4.69) is 24.2 Å². The molecule has 0 aromatic carbocycles. The number of alkyl halides is 1. The number of methoxy groups -OCH3 is 1. The van der Waals surface area contributed by atoms with E-state index in [0.29, 0.717) is 11.8 Å². The van der Waals surface area contributed by atoms with Crippen molar-refractivity contribution in [2.45, 2.75) is 32.8 Å². The average Bonchev–Trinajstić information content (AvgIpc) is 2.64. The highest BCUT2D eigenvalue weighted by atomic mass is 35.5. The molecule has 1 aromatic heterocycles. The Morgan fingerprint density at radius 2 is 2.27 bits per heavy atom. The summed E-state index contributed by atoms with van der Waals surface area (Å²) in [6, 6.07) is 0. The third-order valence-electron chi connectivity index (χ3n) is 2.24. The molecule has 0 spiro atoms. The van der Waals surface area contributed by atoms with E-state index in [1.54, 1.807) is 18.4 Å². The van der Waals surface area contributed by atoms with Crippen molar-refractivity contribution in [3.63, 3.8) is 0 Å². The van der Waals surface area contributed by atoms with Gasteiger partial charge >= 0.3 is 0 Å². The van der Waals surface area contributed by atoms with Gasteiger partial charge in [0.25, 0.3) is 0 Å². The van der Waals surface area contributed by atoms with E-state index >= 15 is 0 Å². The normalized spacial score (nSPS) is 13.4. The number of nitrogens with zero attached hydrogens (tertiary/aromatic N) is 1. The Bertz CT molecular complexity index is 288. The lowest BCUT2D eigenvalue weighted by atomic mass is 10.1. The van der Waals surface area contributed by atoms with Crippen LogP contribution in [0.5, 0.6) is 0 Å². The molecule has 4 heteroatoms. The fraction of sp³-hybridized carbons (Fsp3) is 0.727. The van der Waals surface area contributed by atoms with Crippen molar-refractivity contribution in [2.75, 3.05) is 13.0 Å². The minimum Gasteiger partial charge on any atom is -0.374 e. The van der Waals surface area contributed by atoms with Crippen LogP contribution in [0.25, 0.3) is 0 Å². The van der Waals surface area contributed by atoms with Gasteiger partial charge < -0.3 is 4.74 Å². The number of thiazole rings is 1. The number of hydrogen-bond acceptors (Lipinski definition) is 3. The zero-order valence-electron chi connectivity index (χ0n) is 9.50. The topological polar surface area (TPSA) is 22.1 Å². The molecular weight excluding hydrogens is 230 g/mol. The maximum Gasteiger partial charge on any atom is 0.122 e. The molecule has 0 aliphatic rings. The highest BCUT2D eigenvalue weighted by Crippen LogP contribution is 2.27. The van der Waals surface area contributed by atoms with Crippen LogP contribution in [-0.4, -0.2) is 18.0 Å². The molecule has 15 heavy (non-hydrogen) atoms. The highest BCUT2D eigenvalue weighted by molar-refractivity contribution is 7.09. The largest absolute Gasteiger partial charge is 0.374 e. The quantitative estimate of drug-likeness (QED) is 0.716. The Kier molecular flexibility index (Phi) is 5.58. The zero-order valence-corrected chi connectivity index (χ0v) is 11.1. The van der Waals surface area contributed by atoms with Crippen molar-refractivity contribution in [2.24, 2.45) is 5.92 Å². The Morgan fingerprint density at radius 3 is 2.80 bits per heavy atom. The average molecular weight is 248 g/mol. The molecule has 0 fully saturated rings. The summed E-state index contributed by atoms with van der Waals surface area (Å²) >= 11 is 7.33. The molecule has 0 aliphatic carbocycles. The second-order valence-corrected chi connectivity index (χ2v) is 5.14. The van der Waals surface area contributed by atoms with E-state index in [9.17, 15) is 0 Å². The minimum atomic E-state index is 0.125. The monoisotopic (exact) mass is 247 g/mol. The summed E-state index contributed by atoms with van der Waals surface area (Å²) in [7, 11) is 1.74. The van der Waals surface area contributed by atoms with Crippen molar-refractivity contribution in [1.29, 1.82) is 0 Å². The van der Waals surface area contributed by atoms with Crippen LogP contribution in [0, 0.1) is 5.92 Å². The van der Waals surface area contributed by atoms with Crippen molar-refractivity contribution >= 4 is 22.9 Å². The first kappa shape index (κ1) is 12.9. The third-order valence-corrected chi connectivity index (χ3v) is 3.46.